The van der Waals surface area contributed by atoms with Gasteiger partial charge in [0.15, 0.2) is 0 Å². The average molecular weight is 295 g/mol. The molecule has 0 fully saturated rings. The summed E-state index contributed by atoms with van der Waals surface area (Å²) in [4.78, 5) is 0. The van der Waals surface area contributed by atoms with Crippen molar-refractivity contribution in [2.24, 2.45) is 0 Å². The van der Waals surface area contributed by atoms with Gasteiger partial charge in [0.05, 0.1) is 0 Å². The lowest BCUT2D eigenvalue weighted by atomic mass is 10.1. The molecule has 0 aliphatic rings. The molecule has 0 unspecified atom stereocenters. The van der Waals surface area contributed by atoms with Gasteiger partial charge in [-0.3, -0.25) is 0 Å². The first-order valence-corrected chi connectivity index (χ1v) is 7.78. The van der Waals surface area contributed by atoms with Crippen molar-refractivity contribution in [3.05, 3.63) is 0 Å². The molecular formula is C13H27BrO2. The Morgan fingerprint density at radius 3 is 1.75 bits per heavy atom. The Kier molecular flexibility index (Phi) is 15.8. The molecule has 98 valence electrons. The monoisotopic (exact) mass is 294 g/mol. The first-order valence-electron chi connectivity index (χ1n) is 6.66. The highest BCUT2D eigenvalue weighted by molar-refractivity contribution is 9.09. The lowest BCUT2D eigenvalue weighted by Gasteiger charge is -2.03. The van der Waals surface area contributed by atoms with Crippen LogP contribution in [0.5, 0.6) is 0 Å². The molecule has 16 heavy (non-hydrogen) atoms. The SMILES string of the molecule is OCCCCCCCCCOCCCCBr. The van der Waals surface area contributed by atoms with Crippen LogP contribution in [0.1, 0.15) is 57.8 Å². The Hall–Kier alpha value is 0.400. The fourth-order valence-corrected chi connectivity index (χ4v) is 2.00. The smallest absolute Gasteiger partial charge is 0.0466 e. The number of aliphatic hydroxyl groups excluding tert-OH is 1. The highest BCUT2D eigenvalue weighted by Crippen LogP contribution is 2.07. The maximum atomic E-state index is 8.61. The number of rotatable bonds is 13. The summed E-state index contributed by atoms with van der Waals surface area (Å²) in [6.07, 6.45) is 10.9. The second-order valence-corrected chi connectivity index (χ2v) is 5.00. The Morgan fingerprint density at radius 1 is 0.688 bits per heavy atom. The van der Waals surface area contributed by atoms with Crippen LogP contribution in [0.4, 0.5) is 0 Å². The van der Waals surface area contributed by atoms with Gasteiger partial charge in [0, 0.05) is 25.2 Å². The first-order chi connectivity index (χ1) is 7.91. The number of aliphatic hydroxyl groups is 1. The maximum absolute atomic E-state index is 8.61. The fourth-order valence-electron chi connectivity index (χ4n) is 1.60. The molecule has 0 radical (unpaired) electrons. The van der Waals surface area contributed by atoms with Gasteiger partial charge in [-0.15, -0.1) is 0 Å². The molecule has 0 aliphatic carbocycles. The average Bonchev–Trinajstić information content (AvgIpc) is 2.31. The maximum Gasteiger partial charge on any atom is 0.0466 e. The normalized spacial score (nSPS) is 10.9. The van der Waals surface area contributed by atoms with Crippen molar-refractivity contribution in [2.75, 3.05) is 25.2 Å². The van der Waals surface area contributed by atoms with Gasteiger partial charge >= 0.3 is 0 Å². The summed E-state index contributed by atoms with van der Waals surface area (Å²) in [5.41, 5.74) is 0. The van der Waals surface area contributed by atoms with Crippen molar-refractivity contribution in [1.29, 1.82) is 0 Å². The minimum atomic E-state index is 0.349. The topological polar surface area (TPSA) is 29.5 Å². The van der Waals surface area contributed by atoms with Gasteiger partial charge in [-0.2, -0.15) is 0 Å². The van der Waals surface area contributed by atoms with Gasteiger partial charge in [-0.05, 0) is 25.7 Å². The van der Waals surface area contributed by atoms with E-state index in [1.54, 1.807) is 0 Å². The molecule has 0 rings (SSSR count). The molecule has 0 amide bonds. The van der Waals surface area contributed by atoms with E-state index in [4.69, 9.17) is 9.84 Å². The number of hydrogen-bond acceptors (Lipinski definition) is 2. The summed E-state index contributed by atoms with van der Waals surface area (Å²) < 4.78 is 5.53. The van der Waals surface area contributed by atoms with E-state index in [0.717, 1.165) is 25.0 Å². The molecule has 0 heterocycles. The van der Waals surface area contributed by atoms with Crippen LogP contribution in [0, 0.1) is 0 Å². The van der Waals surface area contributed by atoms with E-state index in [-0.39, 0.29) is 0 Å². The predicted octanol–water partition coefficient (Wildman–Crippen LogP) is 3.90. The Bertz CT molecular complexity index is 107. The zero-order valence-corrected chi connectivity index (χ0v) is 12.0. The van der Waals surface area contributed by atoms with Crippen LogP contribution < -0.4 is 0 Å². The van der Waals surface area contributed by atoms with E-state index in [1.807, 2.05) is 0 Å². The zero-order chi connectivity index (χ0) is 11.9. The minimum absolute atomic E-state index is 0.349. The summed E-state index contributed by atoms with van der Waals surface area (Å²) in [5, 5.41) is 9.70. The molecular weight excluding hydrogens is 268 g/mol. The van der Waals surface area contributed by atoms with Crippen LogP contribution in [-0.4, -0.2) is 30.3 Å². The molecule has 0 saturated carbocycles. The van der Waals surface area contributed by atoms with E-state index >= 15 is 0 Å². The highest BCUT2D eigenvalue weighted by Gasteiger charge is 1.92. The van der Waals surface area contributed by atoms with E-state index < -0.39 is 0 Å². The Labute approximate surface area is 109 Å². The summed E-state index contributed by atoms with van der Waals surface area (Å²) >= 11 is 3.41. The van der Waals surface area contributed by atoms with Crippen molar-refractivity contribution < 1.29 is 9.84 Å². The third-order valence-electron chi connectivity index (χ3n) is 2.62. The third-order valence-corrected chi connectivity index (χ3v) is 3.18. The molecule has 1 N–H and O–H groups in total. The number of alkyl halides is 1. The Balaban J connectivity index is 2.83. The summed E-state index contributed by atoms with van der Waals surface area (Å²) in [6.45, 7) is 2.20. The molecule has 0 atom stereocenters. The standard InChI is InChI=1S/C13H27BrO2/c14-10-6-9-13-16-12-8-5-3-1-2-4-7-11-15/h15H,1-13H2. The molecule has 2 nitrogen and oxygen atoms in total. The van der Waals surface area contributed by atoms with Crippen LogP contribution >= 0.6 is 15.9 Å². The lowest BCUT2D eigenvalue weighted by molar-refractivity contribution is 0.127. The summed E-state index contributed by atoms with van der Waals surface area (Å²) in [6, 6.07) is 0. The van der Waals surface area contributed by atoms with Gasteiger partial charge in [-0.25, -0.2) is 0 Å². The number of hydrogen-bond donors (Lipinski definition) is 1. The molecule has 0 aromatic rings. The fraction of sp³-hybridized carbons (Fsp3) is 1.00. The van der Waals surface area contributed by atoms with Gasteiger partial charge in [0.25, 0.3) is 0 Å². The molecule has 3 heteroatoms. The lowest BCUT2D eigenvalue weighted by Crippen LogP contribution is -1.97. The van der Waals surface area contributed by atoms with Crippen LogP contribution in [-0.2, 0) is 4.74 Å². The largest absolute Gasteiger partial charge is 0.396 e. The molecule has 0 aromatic carbocycles. The van der Waals surface area contributed by atoms with Crippen molar-refractivity contribution in [3.8, 4) is 0 Å². The second kappa shape index (κ2) is 15.4. The van der Waals surface area contributed by atoms with Gasteiger partial charge < -0.3 is 9.84 Å². The van der Waals surface area contributed by atoms with E-state index in [1.165, 1.54) is 51.4 Å². The van der Waals surface area contributed by atoms with E-state index in [2.05, 4.69) is 15.9 Å². The summed E-state index contributed by atoms with van der Waals surface area (Å²) in [7, 11) is 0. The molecule has 0 bridgehead atoms. The first kappa shape index (κ1) is 16.4. The number of unbranched alkanes of at least 4 members (excludes halogenated alkanes) is 7. The van der Waals surface area contributed by atoms with Crippen molar-refractivity contribution in [1.82, 2.24) is 0 Å². The highest BCUT2D eigenvalue weighted by atomic mass is 79.9. The van der Waals surface area contributed by atoms with E-state index in [0.29, 0.717) is 6.61 Å². The molecule has 0 saturated heterocycles. The summed E-state index contributed by atoms with van der Waals surface area (Å²) in [5.74, 6) is 0. The van der Waals surface area contributed by atoms with Crippen LogP contribution in [0.15, 0.2) is 0 Å². The van der Waals surface area contributed by atoms with Crippen LogP contribution in [0.25, 0.3) is 0 Å². The molecule has 0 aliphatic heterocycles. The number of halogens is 1. The van der Waals surface area contributed by atoms with Crippen molar-refractivity contribution in [3.63, 3.8) is 0 Å². The predicted molar refractivity (Wildman–Crippen MR) is 73.3 cm³/mol. The van der Waals surface area contributed by atoms with Gasteiger partial charge in [0.1, 0.15) is 0 Å². The molecule has 0 spiro atoms. The zero-order valence-electron chi connectivity index (χ0n) is 10.4. The van der Waals surface area contributed by atoms with Crippen molar-refractivity contribution in [2.45, 2.75) is 57.8 Å². The minimum Gasteiger partial charge on any atom is -0.396 e. The molecule has 0 aromatic heterocycles. The Morgan fingerprint density at radius 2 is 1.19 bits per heavy atom. The van der Waals surface area contributed by atoms with Crippen LogP contribution in [0.3, 0.4) is 0 Å². The van der Waals surface area contributed by atoms with E-state index in [9.17, 15) is 0 Å². The number of ether oxygens (including phenoxy) is 1. The van der Waals surface area contributed by atoms with Crippen molar-refractivity contribution >= 4 is 15.9 Å². The van der Waals surface area contributed by atoms with Crippen LogP contribution in [0.2, 0.25) is 0 Å². The quantitative estimate of drug-likeness (QED) is 0.412. The second-order valence-electron chi connectivity index (χ2n) is 4.21. The third kappa shape index (κ3) is 14.4. The van der Waals surface area contributed by atoms with Gasteiger partial charge in [0.2, 0.25) is 0 Å². The van der Waals surface area contributed by atoms with Gasteiger partial charge in [-0.1, -0.05) is 48.0 Å².